The lowest BCUT2D eigenvalue weighted by Crippen LogP contribution is -2.58. The number of hydrogen-bond acceptors (Lipinski definition) is 10. The van der Waals surface area contributed by atoms with Gasteiger partial charge in [-0.15, -0.1) is 11.3 Å². The number of halogens is 3. The summed E-state index contributed by atoms with van der Waals surface area (Å²) in [5, 5.41) is 15.1. The van der Waals surface area contributed by atoms with Crippen molar-refractivity contribution < 1.29 is 41.8 Å². The topological polar surface area (TPSA) is 157 Å². The van der Waals surface area contributed by atoms with Gasteiger partial charge in [0.15, 0.2) is 11.7 Å². The zero-order valence-corrected chi connectivity index (χ0v) is 42.5. The quantitative estimate of drug-likeness (QED) is 0.101. The smallest absolute Gasteiger partial charge is 0.417 e. The van der Waals surface area contributed by atoms with Crippen molar-refractivity contribution in [1.82, 2.24) is 20.5 Å². The number of aryl methyl sites for hydroxylation is 1. The molecular formula is C55H52F3N7O6S2. The maximum absolute atomic E-state index is 14.1. The van der Waals surface area contributed by atoms with Crippen molar-refractivity contribution in [3.8, 4) is 44.9 Å². The van der Waals surface area contributed by atoms with Gasteiger partial charge in [-0.3, -0.25) is 24.1 Å². The number of aromatic nitrogens is 1. The summed E-state index contributed by atoms with van der Waals surface area (Å²) in [4.78, 5) is 64.2. The number of likely N-dealkylation sites (tertiary alicyclic amines) is 1. The molecule has 2 atom stereocenters. The predicted molar refractivity (Wildman–Crippen MR) is 277 cm³/mol. The maximum Gasteiger partial charge on any atom is 0.417 e. The molecule has 2 aliphatic rings. The molecule has 0 saturated carbocycles. The minimum Gasteiger partial charge on any atom is -0.484 e. The van der Waals surface area contributed by atoms with Crippen molar-refractivity contribution >= 4 is 63.7 Å². The van der Waals surface area contributed by atoms with Crippen LogP contribution in [0.15, 0.2) is 121 Å². The van der Waals surface area contributed by atoms with Crippen LogP contribution in [-0.4, -0.2) is 69.4 Å². The fraction of sp³-hybridized carbons (Fsp3) is 0.291. The molecular weight excluding hydrogens is 976 g/mol. The van der Waals surface area contributed by atoms with Crippen LogP contribution >= 0.6 is 23.6 Å². The van der Waals surface area contributed by atoms with Gasteiger partial charge in [0.1, 0.15) is 34.9 Å². The summed E-state index contributed by atoms with van der Waals surface area (Å²) in [6.07, 6.45) is -3.64. The van der Waals surface area contributed by atoms with Gasteiger partial charge in [-0.1, -0.05) is 69.3 Å². The van der Waals surface area contributed by atoms with Gasteiger partial charge in [0, 0.05) is 18.8 Å². The highest BCUT2D eigenvalue weighted by Gasteiger charge is 2.51. The van der Waals surface area contributed by atoms with E-state index in [4.69, 9.17) is 21.7 Å². The SMILES string of the molecule is Cc1ncsc1-c1ccc(CNC(=O)[C@@H]2CCCN2C(=O)C(NC(=O)COc2ccc(Oc3cccc(-c4ccc(N5C(=S)N(c6ccc(C#N)c(C(F)(F)F)c6)C(=O)C5(C)C)cc4)c3)cc2)C(C)(C)C)cc1. The van der Waals surface area contributed by atoms with Crippen LogP contribution in [0.2, 0.25) is 0 Å². The average Bonchev–Trinajstić information content (AvgIpc) is 4.08. The van der Waals surface area contributed by atoms with Crippen LogP contribution in [0.5, 0.6) is 17.2 Å². The second-order valence-electron chi connectivity index (χ2n) is 19.3. The number of thiocarbonyl (C=S) groups is 1. The summed E-state index contributed by atoms with van der Waals surface area (Å²) in [7, 11) is 0. The van der Waals surface area contributed by atoms with Crippen molar-refractivity contribution in [3.05, 3.63) is 143 Å². The third kappa shape index (κ3) is 11.2. The Labute approximate surface area is 430 Å². The number of nitriles is 1. The van der Waals surface area contributed by atoms with Crippen LogP contribution in [0, 0.1) is 23.7 Å². The second kappa shape index (κ2) is 20.8. The van der Waals surface area contributed by atoms with E-state index in [0.29, 0.717) is 48.9 Å². The van der Waals surface area contributed by atoms with E-state index < -0.39 is 52.2 Å². The largest absolute Gasteiger partial charge is 0.484 e. The van der Waals surface area contributed by atoms with Gasteiger partial charge >= 0.3 is 6.18 Å². The number of nitrogens with one attached hydrogen (secondary N) is 2. The fourth-order valence-corrected chi connectivity index (χ4v) is 10.2. The summed E-state index contributed by atoms with van der Waals surface area (Å²) < 4.78 is 53.4. The molecule has 5 aromatic carbocycles. The molecule has 4 amide bonds. The Kier molecular flexibility index (Phi) is 14.8. The molecule has 2 fully saturated rings. The molecule has 1 unspecified atom stereocenters. The minimum atomic E-state index is -4.81. The van der Waals surface area contributed by atoms with Gasteiger partial charge < -0.3 is 29.9 Å². The highest BCUT2D eigenvalue weighted by Crippen LogP contribution is 2.41. The monoisotopic (exact) mass is 1030 g/mol. The average molecular weight is 1030 g/mol. The third-order valence-corrected chi connectivity index (χ3v) is 14.1. The van der Waals surface area contributed by atoms with E-state index in [2.05, 4.69) is 15.6 Å². The Balaban J connectivity index is 0.845. The number of hydrogen-bond donors (Lipinski definition) is 2. The first-order chi connectivity index (χ1) is 34.6. The maximum atomic E-state index is 14.1. The van der Waals surface area contributed by atoms with E-state index in [1.807, 2.05) is 87.8 Å². The number of rotatable bonds is 14. The molecule has 18 heteroatoms. The first-order valence-corrected chi connectivity index (χ1v) is 24.7. The van der Waals surface area contributed by atoms with Gasteiger partial charge in [-0.2, -0.15) is 18.4 Å². The van der Waals surface area contributed by atoms with Crippen molar-refractivity contribution in [2.75, 3.05) is 23.0 Å². The molecule has 1 aromatic heterocycles. The Morgan fingerprint density at radius 3 is 2.21 bits per heavy atom. The van der Waals surface area contributed by atoms with E-state index in [-0.39, 0.29) is 29.2 Å². The second-order valence-corrected chi connectivity index (χ2v) is 20.6. The first-order valence-electron chi connectivity index (χ1n) is 23.4. The number of anilines is 2. The lowest BCUT2D eigenvalue weighted by atomic mass is 9.85. The van der Waals surface area contributed by atoms with E-state index in [0.717, 1.165) is 49.9 Å². The number of carbonyl (C=O) groups is 4. The van der Waals surface area contributed by atoms with Gasteiger partial charge in [0.25, 0.3) is 11.8 Å². The summed E-state index contributed by atoms with van der Waals surface area (Å²) in [5.41, 5.74) is 3.20. The molecule has 6 aromatic rings. The van der Waals surface area contributed by atoms with Crippen LogP contribution in [0.3, 0.4) is 0 Å². The van der Waals surface area contributed by atoms with Crippen LogP contribution < -0.4 is 29.9 Å². The lowest BCUT2D eigenvalue weighted by Gasteiger charge is -2.35. The number of alkyl halides is 3. The summed E-state index contributed by atoms with van der Waals surface area (Å²) in [6.45, 7) is 11.2. The Bertz CT molecular complexity index is 3110. The molecule has 8 rings (SSSR count). The van der Waals surface area contributed by atoms with E-state index in [1.165, 1.54) is 6.07 Å². The Morgan fingerprint density at radius 1 is 0.890 bits per heavy atom. The van der Waals surface area contributed by atoms with Gasteiger partial charge in [0.2, 0.25) is 11.8 Å². The highest BCUT2D eigenvalue weighted by molar-refractivity contribution is 7.81. The van der Waals surface area contributed by atoms with Gasteiger partial charge in [-0.25, -0.2) is 4.98 Å². The van der Waals surface area contributed by atoms with Crippen molar-refractivity contribution in [2.24, 2.45) is 5.41 Å². The normalized spacial score (nSPS) is 16.0. The number of amides is 4. The zero-order valence-electron chi connectivity index (χ0n) is 40.9. The van der Waals surface area contributed by atoms with Crippen molar-refractivity contribution in [1.29, 1.82) is 5.26 Å². The van der Waals surface area contributed by atoms with Crippen molar-refractivity contribution in [2.45, 2.75) is 84.7 Å². The van der Waals surface area contributed by atoms with E-state index in [1.54, 1.807) is 83.5 Å². The summed E-state index contributed by atoms with van der Waals surface area (Å²) >= 11 is 7.28. The van der Waals surface area contributed by atoms with Gasteiger partial charge in [0.05, 0.1) is 39.0 Å². The third-order valence-electron chi connectivity index (χ3n) is 12.8. The van der Waals surface area contributed by atoms with Crippen molar-refractivity contribution in [3.63, 3.8) is 0 Å². The van der Waals surface area contributed by atoms with Crippen LogP contribution in [0.1, 0.15) is 69.8 Å². The number of nitrogens with zero attached hydrogens (tertiary/aromatic N) is 5. The molecule has 13 nitrogen and oxygen atoms in total. The van der Waals surface area contributed by atoms with E-state index >= 15 is 0 Å². The molecule has 3 heterocycles. The summed E-state index contributed by atoms with van der Waals surface area (Å²) in [5.74, 6) is -0.177. The molecule has 73 heavy (non-hydrogen) atoms. The molecule has 2 aliphatic heterocycles. The Morgan fingerprint density at radius 2 is 1.56 bits per heavy atom. The molecule has 0 bridgehead atoms. The molecule has 0 spiro atoms. The molecule has 376 valence electrons. The predicted octanol–water partition coefficient (Wildman–Crippen LogP) is 10.6. The lowest BCUT2D eigenvalue weighted by molar-refractivity contribution is -0.144. The van der Waals surface area contributed by atoms with E-state index in [9.17, 15) is 37.6 Å². The van der Waals surface area contributed by atoms with Crippen LogP contribution in [-0.2, 0) is 31.9 Å². The van der Waals surface area contributed by atoms with Gasteiger partial charge in [-0.05, 0) is 140 Å². The first kappa shape index (κ1) is 51.7. The highest BCUT2D eigenvalue weighted by atomic mass is 32.1. The number of benzene rings is 5. The van der Waals surface area contributed by atoms with Crippen LogP contribution in [0.4, 0.5) is 24.5 Å². The Hall–Kier alpha value is -7.62. The fourth-order valence-electron chi connectivity index (χ4n) is 8.87. The molecule has 2 N–H and O–H groups in total. The zero-order chi connectivity index (χ0) is 52.4. The standard InChI is InChI=1S/C55H52F3N7O6S2/c1-33-47(73-32-61-33)36-14-12-34(13-15-36)30-60-49(67)45-11-8-26-63(45)50(68)48(53(2,3)4)62-46(66)31-70-41-22-24-42(25-23-41)71-43-10-7-9-37(27-43)35-16-19-39(20-17-35)65-52(72)64(51(69)54(65,5)6)40-21-18-38(29-59)44(28-40)55(56,57)58/h7,9-10,12-25,27-28,32,45,48H,8,11,26,30-31H2,1-6H3,(H,60,67)(H,62,66)/t45-,48?/m0/s1. The van der Waals surface area contributed by atoms with Crippen LogP contribution in [0.25, 0.3) is 21.6 Å². The number of carbonyl (C=O) groups excluding carboxylic acids is 4. The summed E-state index contributed by atoms with van der Waals surface area (Å²) in [6, 6.07) is 32.3. The minimum absolute atomic E-state index is 0.0101. The molecule has 0 aliphatic carbocycles. The molecule has 2 saturated heterocycles. The number of ether oxygens (including phenoxy) is 2. The number of thiazole rings is 1. The molecule has 0 radical (unpaired) electrons.